The largest absolute Gasteiger partial charge is 0.489 e. The second kappa shape index (κ2) is 11.7. The van der Waals surface area contributed by atoms with Crippen molar-refractivity contribution < 1.29 is 4.74 Å². The molecule has 0 unspecified atom stereocenters. The van der Waals surface area contributed by atoms with Crippen molar-refractivity contribution in [3.8, 4) is 11.4 Å². The third-order valence-corrected chi connectivity index (χ3v) is 6.02. The molecule has 4 rings (SSSR count). The number of hydrogen-bond acceptors (Lipinski definition) is 6. The number of halogens is 1. The molecule has 6 nitrogen and oxygen atoms in total. The lowest BCUT2D eigenvalue weighted by molar-refractivity contribution is 0.302. The van der Waals surface area contributed by atoms with Gasteiger partial charge in [-0.15, -0.1) is 5.10 Å². The van der Waals surface area contributed by atoms with Gasteiger partial charge in [-0.25, -0.2) is 0 Å². The van der Waals surface area contributed by atoms with Crippen LogP contribution in [0.15, 0.2) is 84.0 Å². The molecule has 0 atom stereocenters. The van der Waals surface area contributed by atoms with E-state index in [1.54, 1.807) is 16.4 Å². The first-order valence-corrected chi connectivity index (χ1v) is 11.8. The molecular weight excluding hydrogens is 442 g/mol. The van der Waals surface area contributed by atoms with Crippen LogP contribution in [0.3, 0.4) is 0 Å². The second-order valence-corrected chi connectivity index (χ2v) is 8.61. The Balaban J connectivity index is 1.20. The smallest absolute Gasteiger partial charge is 0.214 e. The van der Waals surface area contributed by atoms with Crippen LogP contribution in [0.25, 0.3) is 5.69 Å². The number of rotatable bonds is 11. The lowest BCUT2D eigenvalue weighted by Gasteiger charge is -2.12. The Bertz CT molecular complexity index is 1100. The van der Waals surface area contributed by atoms with Gasteiger partial charge in [0, 0.05) is 22.9 Å². The van der Waals surface area contributed by atoms with Gasteiger partial charge in [-0.05, 0) is 59.3 Å². The average Bonchev–Trinajstić information content (AvgIpc) is 3.31. The number of ether oxygens (including phenoxy) is 1. The van der Waals surface area contributed by atoms with Gasteiger partial charge in [0.2, 0.25) is 5.16 Å². The Kier molecular flexibility index (Phi) is 8.14. The van der Waals surface area contributed by atoms with Gasteiger partial charge in [0.25, 0.3) is 0 Å². The minimum Gasteiger partial charge on any atom is -0.489 e. The maximum absolute atomic E-state index is 6.03. The van der Waals surface area contributed by atoms with Gasteiger partial charge in [-0.1, -0.05) is 71.9 Å². The monoisotopic (exact) mass is 465 g/mol. The minimum absolute atomic E-state index is 0.515. The van der Waals surface area contributed by atoms with Crippen LogP contribution in [-0.2, 0) is 13.2 Å². The van der Waals surface area contributed by atoms with E-state index >= 15 is 0 Å². The third-order valence-electron chi connectivity index (χ3n) is 4.77. The summed E-state index contributed by atoms with van der Waals surface area (Å²) in [6.45, 7) is 2.16. The molecule has 0 saturated carbocycles. The number of tetrazole rings is 1. The zero-order valence-corrected chi connectivity index (χ0v) is 19.1. The number of nitrogens with zero attached hydrogens (tertiary/aromatic N) is 4. The highest BCUT2D eigenvalue weighted by atomic mass is 35.5. The molecule has 4 aromatic rings. The quantitative estimate of drug-likeness (QED) is 0.243. The Hall–Kier alpha value is -2.87. The zero-order chi connectivity index (χ0) is 22.0. The molecule has 0 radical (unpaired) electrons. The van der Waals surface area contributed by atoms with Gasteiger partial charge in [-0.3, -0.25) is 0 Å². The zero-order valence-electron chi connectivity index (χ0n) is 17.5. The Morgan fingerprint density at radius 3 is 2.56 bits per heavy atom. The molecule has 0 saturated heterocycles. The first kappa shape index (κ1) is 22.3. The maximum Gasteiger partial charge on any atom is 0.214 e. The summed E-state index contributed by atoms with van der Waals surface area (Å²) in [7, 11) is 0. The van der Waals surface area contributed by atoms with E-state index in [9.17, 15) is 0 Å². The van der Waals surface area contributed by atoms with E-state index in [-0.39, 0.29) is 0 Å². The topological polar surface area (TPSA) is 64.9 Å². The van der Waals surface area contributed by atoms with Crippen molar-refractivity contribution in [2.24, 2.45) is 0 Å². The first-order valence-electron chi connectivity index (χ1n) is 10.4. The fraction of sp³-hybridized carbons (Fsp3) is 0.208. The first-order chi connectivity index (χ1) is 15.8. The van der Waals surface area contributed by atoms with E-state index < -0.39 is 0 Å². The molecule has 3 aromatic carbocycles. The summed E-state index contributed by atoms with van der Waals surface area (Å²) in [6, 6.07) is 25.8. The van der Waals surface area contributed by atoms with Crippen molar-refractivity contribution in [2.45, 2.75) is 24.7 Å². The molecule has 32 heavy (non-hydrogen) atoms. The summed E-state index contributed by atoms with van der Waals surface area (Å²) in [6.07, 6.45) is 1.00. The molecule has 0 aliphatic heterocycles. The number of nitrogens with one attached hydrogen (secondary N) is 1. The van der Waals surface area contributed by atoms with Gasteiger partial charge >= 0.3 is 0 Å². The molecule has 0 aliphatic rings. The molecule has 8 heteroatoms. The summed E-state index contributed by atoms with van der Waals surface area (Å²) in [5, 5.41) is 17.1. The van der Waals surface area contributed by atoms with Crippen LogP contribution in [0, 0.1) is 0 Å². The maximum atomic E-state index is 6.03. The Morgan fingerprint density at radius 2 is 1.72 bits per heavy atom. The van der Waals surface area contributed by atoms with E-state index in [4.69, 9.17) is 16.3 Å². The van der Waals surface area contributed by atoms with Crippen LogP contribution >= 0.6 is 23.4 Å². The number of para-hydroxylation sites is 2. The van der Waals surface area contributed by atoms with Crippen molar-refractivity contribution in [1.82, 2.24) is 25.5 Å². The van der Waals surface area contributed by atoms with Crippen molar-refractivity contribution in [2.75, 3.05) is 12.3 Å². The summed E-state index contributed by atoms with van der Waals surface area (Å²) in [4.78, 5) is 0. The molecule has 1 aromatic heterocycles. The van der Waals surface area contributed by atoms with Crippen molar-refractivity contribution in [3.63, 3.8) is 0 Å². The molecule has 0 bridgehead atoms. The highest BCUT2D eigenvalue weighted by Gasteiger charge is 2.08. The van der Waals surface area contributed by atoms with Crippen LogP contribution in [0.4, 0.5) is 0 Å². The number of aromatic nitrogens is 4. The fourth-order valence-electron chi connectivity index (χ4n) is 3.12. The molecule has 0 spiro atoms. The van der Waals surface area contributed by atoms with Crippen LogP contribution < -0.4 is 10.1 Å². The normalized spacial score (nSPS) is 10.9. The van der Waals surface area contributed by atoms with Crippen LogP contribution in [-0.4, -0.2) is 32.5 Å². The predicted molar refractivity (Wildman–Crippen MR) is 128 cm³/mol. The van der Waals surface area contributed by atoms with Crippen LogP contribution in [0.1, 0.15) is 17.5 Å². The highest BCUT2D eigenvalue weighted by Crippen LogP contribution is 2.21. The molecule has 0 amide bonds. The van der Waals surface area contributed by atoms with E-state index in [2.05, 4.69) is 26.9 Å². The van der Waals surface area contributed by atoms with Crippen molar-refractivity contribution in [3.05, 3.63) is 95.0 Å². The molecule has 0 fully saturated rings. The van der Waals surface area contributed by atoms with Crippen molar-refractivity contribution >= 4 is 23.4 Å². The Labute approximate surface area is 197 Å². The number of hydrogen-bond donors (Lipinski definition) is 1. The molecule has 0 aliphatic carbocycles. The van der Waals surface area contributed by atoms with Crippen LogP contribution in [0.2, 0.25) is 5.02 Å². The summed E-state index contributed by atoms with van der Waals surface area (Å²) in [5.41, 5.74) is 3.20. The molecular formula is C24H24ClN5OS. The molecule has 1 N–H and O–H groups in total. The Morgan fingerprint density at radius 1 is 0.938 bits per heavy atom. The molecule has 164 valence electrons. The summed E-state index contributed by atoms with van der Waals surface area (Å²) in [5.74, 6) is 1.82. The minimum atomic E-state index is 0.515. The van der Waals surface area contributed by atoms with E-state index in [1.807, 2.05) is 72.8 Å². The standard InChI is InChI=1S/C24H24ClN5OS/c25-21-13-11-19(12-14-21)18-31-23-10-5-4-7-20(23)17-26-15-6-16-32-24-27-28-29-30(24)22-8-2-1-3-9-22/h1-5,7-14,26H,6,15-18H2. The average molecular weight is 466 g/mol. The number of benzene rings is 3. The van der Waals surface area contributed by atoms with E-state index in [0.717, 1.165) is 58.0 Å². The van der Waals surface area contributed by atoms with Crippen LogP contribution in [0.5, 0.6) is 5.75 Å². The van der Waals surface area contributed by atoms with Gasteiger partial charge in [-0.2, -0.15) is 4.68 Å². The third kappa shape index (κ3) is 6.32. The summed E-state index contributed by atoms with van der Waals surface area (Å²) >= 11 is 7.61. The van der Waals surface area contributed by atoms with E-state index in [0.29, 0.717) is 6.61 Å². The van der Waals surface area contributed by atoms with Gasteiger partial charge in [0.05, 0.1) is 5.69 Å². The predicted octanol–water partition coefficient (Wildman–Crippen LogP) is 5.17. The van der Waals surface area contributed by atoms with Gasteiger partial charge < -0.3 is 10.1 Å². The van der Waals surface area contributed by atoms with Gasteiger partial charge in [0.1, 0.15) is 12.4 Å². The lowest BCUT2D eigenvalue weighted by Crippen LogP contribution is -2.16. The lowest BCUT2D eigenvalue weighted by atomic mass is 10.2. The highest BCUT2D eigenvalue weighted by molar-refractivity contribution is 7.99. The van der Waals surface area contributed by atoms with E-state index in [1.165, 1.54) is 0 Å². The van der Waals surface area contributed by atoms with Crippen molar-refractivity contribution in [1.29, 1.82) is 0 Å². The SMILES string of the molecule is Clc1ccc(COc2ccccc2CNCCCSc2nnnn2-c2ccccc2)cc1. The second-order valence-electron chi connectivity index (χ2n) is 7.11. The van der Waals surface area contributed by atoms with Gasteiger partial charge in [0.15, 0.2) is 0 Å². The summed E-state index contributed by atoms with van der Waals surface area (Å²) < 4.78 is 7.80. The number of thioether (sulfide) groups is 1. The molecule has 1 heterocycles. The fourth-order valence-corrected chi connectivity index (χ4v) is 4.07.